The number of ether oxygens (including phenoxy) is 2. The summed E-state index contributed by atoms with van der Waals surface area (Å²) in [7, 11) is 0.0482. The molecule has 0 aliphatic carbocycles. The molecule has 1 unspecified atom stereocenters. The average molecular weight is 378 g/mol. The van der Waals surface area contributed by atoms with Crippen molar-refractivity contribution in [2.45, 2.75) is 71.5 Å². The number of hydrogen-bond acceptors (Lipinski definition) is 6. The van der Waals surface area contributed by atoms with Gasteiger partial charge in [0.2, 0.25) is 0 Å². The highest BCUT2D eigenvalue weighted by Gasteiger charge is 2.43. The number of nitriles is 1. The second-order valence-corrected chi connectivity index (χ2v) is 8.27. The first-order valence-electron chi connectivity index (χ1n) is 8.83. The molecule has 0 spiro atoms. The van der Waals surface area contributed by atoms with E-state index < -0.39 is 26.9 Å². The number of alkyl halides is 1. The smallest absolute Gasteiger partial charge is 0.259 e. The molecule has 5 atom stereocenters. The molecule has 1 heterocycles. The van der Waals surface area contributed by atoms with Crippen molar-refractivity contribution in [2.24, 2.45) is 5.92 Å². The van der Waals surface area contributed by atoms with Crippen LogP contribution in [0, 0.1) is 17.2 Å². The van der Waals surface area contributed by atoms with Crippen molar-refractivity contribution in [2.75, 3.05) is 26.9 Å². The highest BCUT2D eigenvalue weighted by molar-refractivity contribution is 7.44. The topological polar surface area (TPSA) is 64.0 Å². The van der Waals surface area contributed by atoms with Gasteiger partial charge in [-0.15, -0.1) is 0 Å². The number of halogens is 1. The van der Waals surface area contributed by atoms with Gasteiger partial charge in [0.05, 0.1) is 32.3 Å². The van der Waals surface area contributed by atoms with Gasteiger partial charge in [-0.2, -0.15) is 5.26 Å². The van der Waals surface area contributed by atoms with Gasteiger partial charge in [-0.25, -0.2) is 9.06 Å². The van der Waals surface area contributed by atoms with Gasteiger partial charge >= 0.3 is 0 Å². The molecule has 0 aromatic heterocycles. The number of hydrogen-bond donors (Lipinski definition) is 0. The second kappa shape index (κ2) is 11.4. The van der Waals surface area contributed by atoms with Crippen molar-refractivity contribution >= 4 is 8.53 Å². The lowest BCUT2D eigenvalue weighted by Crippen LogP contribution is -2.50. The van der Waals surface area contributed by atoms with Crippen molar-refractivity contribution in [1.82, 2.24) is 4.67 Å². The maximum Gasteiger partial charge on any atom is 0.259 e. The minimum absolute atomic E-state index is 0.161. The third kappa shape index (κ3) is 6.71. The van der Waals surface area contributed by atoms with Gasteiger partial charge in [0.1, 0.15) is 18.4 Å². The van der Waals surface area contributed by atoms with Gasteiger partial charge < -0.3 is 18.5 Å². The van der Waals surface area contributed by atoms with Gasteiger partial charge in [-0.3, -0.25) is 0 Å². The fraction of sp³-hybridized carbons (Fsp3) is 0.941. The fourth-order valence-corrected chi connectivity index (χ4v) is 4.59. The highest BCUT2D eigenvalue weighted by atomic mass is 31.2. The maximum atomic E-state index is 14.9. The Hall–Kier alpha value is -0.350. The van der Waals surface area contributed by atoms with Crippen molar-refractivity contribution in [3.05, 3.63) is 0 Å². The quantitative estimate of drug-likeness (QED) is 0.427. The van der Waals surface area contributed by atoms with Crippen LogP contribution in [-0.4, -0.2) is 62.1 Å². The van der Waals surface area contributed by atoms with Gasteiger partial charge in [0.15, 0.2) is 0 Å². The zero-order chi connectivity index (χ0) is 19.0. The van der Waals surface area contributed by atoms with Crippen LogP contribution in [0.2, 0.25) is 0 Å². The zero-order valence-corrected chi connectivity index (χ0v) is 17.0. The predicted octanol–water partition coefficient (Wildman–Crippen LogP) is 3.67. The van der Waals surface area contributed by atoms with E-state index in [0.29, 0.717) is 6.61 Å². The molecule has 1 rings (SSSR count). The Kier molecular flexibility index (Phi) is 10.3. The Labute approximate surface area is 152 Å². The normalized spacial score (nSPS) is 28.5. The third-order valence-electron chi connectivity index (χ3n) is 4.00. The first-order chi connectivity index (χ1) is 11.8. The fourth-order valence-electron chi connectivity index (χ4n) is 2.82. The summed E-state index contributed by atoms with van der Waals surface area (Å²) in [6, 6.07) is 2.38. The van der Waals surface area contributed by atoms with Crippen LogP contribution in [0.25, 0.3) is 0 Å². The summed E-state index contributed by atoms with van der Waals surface area (Å²) >= 11 is 0. The van der Waals surface area contributed by atoms with E-state index in [0.717, 1.165) is 0 Å². The number of rotatable bonds is 10. The van der Waals surface area contributed by atoms with Gasteiger partial charge in [0.25, 0.3) is 8.53 Å². The van der Waals surface area contributed by atoms with Gasteiger partial charge in [0, 0.05) is 25.1 Å². The van der Waals surface area contributed by atoms with Crippen LogP contribution in [0.3, 0.4) is 0 Å². The Balaban J connectivity index is 2.96. The van der Waals surface area contributed by atoms with E-state index in [2.05, 4.69) is 10.7 Å². The van der Waals surface area contributed by atoms with E-state index in [-0.39, 0.29) is 37.6 Å². The molecule has 0 radical (unpaired) electrons. The summed E-state index contributed by atoms with van der Waals surface area (Å²) < 4.78 is 39.9. The van der Waals surface area contributed by atoms with Crippen LogP contribution in [0.1, 0.15) is 41.0 Å². The molecule has 1 saturated heterocycles. The van der Waals surface area contributed by atoms with Crippen LogP contribution in [-0.2, 0) is 18.5 Å². The molecule has 0 bridgehead atoms. The van der Waals surface area contributed by atoms with Crippen molar-refractivity contribution in [1.29, 1.82) is 5.26 Å². The molecule has 0 saturated carbocycles. The Morgan fingerprint density at radius 1 is 1.32 bits per heavy atom. The monoisotopic (exact) mass is 378 g/mol. The summed E-state index contributed by atoms with van der Waals surface area (Å²) in [5.41, 5.74) is 0. The van der Waals surface area contributed by atoms with Crippen LogP contribution >= 0.6 is 8.53 Å². The molecule has 1 aliphatic heterocycles. The van der Waals surface area contributed by atoms with E-state index in [4.69, 9.17) is 23.8 Å². The summed E-state index contributed by atoms with van der Waals surface area (Å²) in [5, 5.41) is 8.77. The molecule has 146 valence electrons. The molecule has 1 aliphatic rings. The lowest BCUT2D eigenvalue weighted by molar-refractivity contribution is -0.146. The van der Waals surface area contributed by atoms with E-state index in [1.54, 1.807) is 7.11 Å². The molecule has 6 nitrogen and oxygen atoms in total. The van der Waals surface area contributed by atoms with Crippen LogP contribution in [0.5, 0.6) is 0 Å². The number of nitrogens with zero attached hydrogens (tertiary/aromatic N) is 2. The molecule has 8 heteroatoms. The maximum absolute atomic E-state index is 14.9. The highest BCUT2D eigenvalue weighted by Crippen LogP contribution is 2.49. The molecular weight excluding hydrogens is 346 g/mol. The minimum atomic E-state index is -1.51. The van der Waals surface area contributed by atoms with Crippen molar-refractivity contribution in [3.63, 3.8) is 0 Å². The molecule has 25 heavy (non-hydrogen) atoms. The zero-order valence-electron chi connectivity index (χ0n) is 16.1. The van der Waals surface area contributed by atoms with E-state index in [1.807, 2.05) is 34.6 Å². The number of methoxy groups -OCH3 is 1. The minimum Gasteiger partial charge on any atom is -0.382 e. The summed E-state index contributed by atoms with van der Waals surface area (Å²) in [6.07, 6.45) is -2.11. The lowest BCUT2D eigenvalue weighted by atomic mass is 9.95. The Morgan fingerprint density at radius 2 is 1.96 bits per heavy atom. The van der Waals surface area contributed by atoms with Gasteiger partial charge in [-0.05, 0) is 27.7 Å². The summed E-state index contributed by atoms with van der Waals surface area (Å²) in [5.74, 6) is -0.249. The van der Waals surface area contributed by atoms with Crippen molar-refractivity contribution < 1.29 is 22.9 Å². The Bertz CT molecular complexity index is 414. The van der Waals surface area contributed by atoms with Crippen LogP contribution in [0.15, 0.2) is 0 Å². The molecule has 0 amide bonds. The largest absolute Gasteiger partial charge is 0.382 e. The molecule has 1 fully saturated rings. The van der Waals surface area contributed by atoms with Crippen LogP contribution in [0.4, 0.5) is 4.39 Å². The summed E-state index contributed by atoms with van der Waals surface area (Å²) in [4.78, 5) is 0. The molecule has 0 N–H and O–H groups in total. The first kappa shape index (κ1) is 22.7. The standard InChI is InChI=1S/C17H32FN2O4P/c1-12(2)20(13(3)4)25(23-9-7-8-19)24-17-15(11-21-6)22-10-14(5)16(17)18/h12-17H,7,9-11H2,1-6H3/t14-,15-,16+,17-,25?/m1/s1. The molecule has 0 aromatic rings. The van der Waals surface area contributed by atoms with E-state index in [9.17, 15) is 4.39 Å². The van der Waals surface area contributed by atoms with Crippen LogP contribution < -0.4 is 0 Å². The van der Waals surface area contributed by atoms with E-state index in [1.165, 1.54) is 0 Å². The molecule has 0 aromatic carbocycles. The molecular formula is C17H32FN2O4P. The third-order valence-corrected chi connectivity index (χ3v) is 6.13. The second-order valence-electron chi connectivity index (χ2n) is 6.87. The average Bonchev–Trinajstić information content (AvgIpc) is 2.53. The lowest BCUT2D eigenvalue weighted by Gasteiger charge is -2.42. The SMILES string of the molecule is COC[C@H]1OC[C@@H](C)[C@H](F)[C@@H]1OP(OCCC#N)N(C(C)C)C(C)C. The van der Waals surface area contributed by atoms with Gasteiger partial charge in [-0.1, -0.05) is 6.92 Å². The first-order valence-corrected chi connectivity index (χ1v) is 9.96. The Morgan fingerprint density at radius 3 is 2.48 bits per heavy atom. The predicted molar refractivity (Wildman–Crippen MR) is 95.8 cm³/mol. The summed E-state index contributed by atoms with van der Waals surface area (Å²) in [6.45, 7) is 10.9. The van der Waals surface area contributed by atoms with Crippen molar-refractivity contribution in [3.8, 4) is 6.07 Å². The van der Waals surface area contributed by atoms with E-state index >= 15 is 0 Å².